The van der Waals surface area contributed by atoms with E-state index in [0.29, 0.717) is 17.2 Å². The van der Waals surface area contributed by atoms with E-state index in [1.807, 2.05) is 0 Å². The van der Waals surface area contributed by atoms with Crippen LogP contribution in [0.25, 0.3) is 0 Å². The Kier molecular flexibility index (Phi) is 3.81. The van der Waals surface area contributed by atoms with Gasteiger partial charge in [-0.05, 0) is 42.4 Å². The first-order valence-electron chi connectivity index (χ1n) is 7.76. The molecule has 0 spiro atoms. The molecule has 0 unspecified atom stereocenters. The first-order valence-corrected chi connectivity index (χ1v) is 7.76. The first kappa shape index (κ1) is 14.9. The lowest BCUT2D eigenvalue weighted by Crippen LogP contribution is -2.22. The highest BCUT2D eigenvalue weighted by atomic mass is 16.5. The number of phenolic OH excluding ortho intramolecular Hbond substituents is 1. The normalized spacial score (nSPS) is 29.9. The SMILES string of the molecule is COc1ccc(O)c(/C=N\NC(=O)[C@H]2[C@H]3CCCC[C@@]32C)c1. The highest BCUT2D eigenvalue weighted by Gasteiger charge is 2.64. The number of hydrogen-bond donors (Lipinski definition) is 2. The number of benzene rings is 1. The van der Waals surface area contributed by atoms with Crippen molar-refractivity contribution < 1.29 is 14.6 Å². The Morgan fingerprint density at radius 3 is 3.00 bits per heavy atom. The van der Waals surface area contributed by atoms with Crippen molar-refractivity contribution in [2.45, 2.75) is 32.6 Å². The van der Waals surface area contributed by atoms with Crippen LogP contribution in [0.3, 0.4) is 0 Å². The zero-order valence-corrected chi connectivity index (χ0v) is 13.0. The third-order valence-corrected chi connectivity index (χ3v) is 5.23. The Balaban J connectivity index is 1.62. The number of carbonyl (C=O) groups is 1. The van der Waals surface area contributed by atoms with E-state index >= 15 is 0 Å². The van der Waals surface area contributed by atoms with Gasteiger partial charge in [0, 0.05) is 11.5 Å². The van der Waals surface area contributed by atoms with Crippen molar-refractivity contribution in [3.8, 4) is 11.5 Å². The standard InChI is InChI=1S/C17H22N2O3/c1-17-8-4-3-5-13(17)15(17)16(21)19-18-10-11-9-12(22-2)6-7-14(11)20/h6-7,9-10,13,15,20H,3-5,8H2,1-2H3,(H,19,21)/b18-10-/t13-,15-,17+/m1/s1. The molecule has 3 atom stereocenters. The van der Waals surface area contributed by atoms with Crippen LogP contribution in [0.1, 0.15) is 38.2 Å². The molecule has 2 aliphatic carbocycles. The molecule has 0 saturated heterocycles. The molecular formula is C17H22N2O3. The van der Waals surface area contributed by atoms with Gasteiger partial charge in [0.2, 0.25) is 5.91 Å². The second-order valence-electron chi connectivity index (χ2n) is 6.49. The van der Waals surface area contributed by atoms with Crippen LogP contribution in [0.4, 0.5) is 0 Å². The molecule has 1 aromatic carbocycles. The Bertz CT molecular complexity index is 614. The van der Waals surface area contributed by atoms with Crippen molar-refractivity contribution in [2.75, 3.05) is 7.11 Å². The monoisotopic (exact) mass is 302 g/mol. The predicted molar refractivity (Wildman–Crippen MR) is 84.0 cm³/mol. The topological polar surface area (TPSA) is 70.9 Å². The fourth-order valence-corrected chi connectivity index (χ4v) is 3.85. The molecule has 0 heterocycles. The molecule has 5 nitrogen and oxygen atoms in total. The summed E-state index contributed by atoms with van der Waals surface area (Å²) in [4.78, 5) is 12.3. The maximum atomic E-state index is 12.3. The van der Waals surface area contributed by atoms with Gasteiger partial charge in [0.1, 0.15) is 11.5 Å². The Labute approximate surface area is 130 Å². The number of amides is 1. The lowest BCUT2D eigenvalue weighted by atomic mass is 9.90. The number of phenols is 1. The molecule has 0 aromatic heterocycles. The molecule has 1 aromatic rings. The van der Waals surface area contributed by atoms with Gasteiger partial charge in [0.05, 0.1) is 13.3 Å². The van der Waals surface area contributed by atoms with Gasteiger partial charge in [-0.3, -0.25) is 4.79 Å². The zero-order valence-electron chi connectivity index (χ0n) is 13.0. The largest absolute Gasteiger partial charge is 0.507 e. The molecule has 2 N–H and O–H groups in total. The fourth-order valence-electron chi connectivity index (χ4n) is 3.85. The van der Waals surface area contributed by atoms with Gasteiger partial charge >= 0.3 is 0 Å². The van der Waals surface area contributed by atoms with E-state index in [4.69, 9.17) is 4.74 Å². The van der Waals surface area contributed by atoms with Crippen molar-refractivity contribution >= 4 is 12.1 Å². The number of hydrazone groups is 1. The Morgan fingerprint density at radius 1 is 1.50 bits per heavy atom. The van der Waals surface area contributed by atoms with Crippen molar-refractivity contribution in [1.29, 1.82) is 0 Å². The van der Waals surface area contributed by atoms with Crippen LogP contribution in [-0.4, -0.2) is 24.3 Å². The van der Waals surface area contributed by atoms with Gasteiger partial charge in [-0.2, -0.15) is 5.10 Å². The molecule has 2 aliphatic rings. The number of nitrogens with zero attached hydrogens (tertiary/aromatic N) is 1. The van der Waals surface area contributed by atoms with E-state index in [9.17, 15) is 9.90 Å². The molecule has 2 saturated carbocycles. The molecule has 22 heavy (non-hydrogen) atoms. The quantitative estimate of drug-likeness (QED) is 0.663. The van der Waals surface area contributed by atoms with E-state index in [2.05, 4.69) is 17.5 Å². The summed E-state index contributed by atoms with van der Waals surface area (Å²) >= 11 is 0. The Hall–Kier alpha value is -2.04. The highest BCUT2D eigenvalue weighted by molar-refractivity contribution is 5.87. The van der Waals surface area contributed by atoms with Gasteiger partial charge in [0.25, 0.3) is 0 Å². The number of fused-ring (bicyclic) bond motifs is 1. The first-order chi connectivity index (χ1) is 10.6. The van der Waals surface area contributed by atoms with E-state index < -0.39 is 0 Å². The molecule has 0 bridgehead atoms. The number of ether oxygens (including phenoxy) is 1. The third-order valence-electron chi connectivity index (χ3n) is 5.23. The average Bonchev–Trinajstić information content (AvgIpc) is 3.14. The van der Waals surface area contributed by atoms with Crippen LogP contribution >= 0.6 is 0 Å². The molecule has 3 rings (SSSR count). The van der Waals surface area contributed by atoms with Gasteiger partial charge in [0.15, 0.2) is 0 Å². The highest BCUT2D eigenvalue weighted by Crippen LogP contribution is 2.66. The summed E-state index contributed by atoms with van der Waals surface area (Å²) in [5, 5.41) is 13.8. The summed E-state index contributed by atoms with van der Waals surface area (Å²) in [5.74, 6) is 1.33. The molecule has 2 fully saturated rings. The summed E-state index contributed by atoms with van der Waals surface area (Å²) in [6.45, 7) is 2.21. The number of rotatable bonds is 4. The minimum Gasteiger partial charge on any atom is -0.507 e. The number of hydrogen-bond acceptors (Lipinski definition) is 4. The molecule has 118 valence electrons. The summed E-state index contributed by atoms with van der Waals surface area (Å²) in [6, 6.07) is 4.88. The number of nitrogens with one attached hydrogen (secondary N) is 1. The Morgan fingerprint density at radius 2 is 2.32 bits per heavy atom. The van der Waals surface area contributed by atoms with Crippen molar-refractivity contribution in [3.63, 3.8) is 0 Å². The third kappa shape index (κ3) is 2.56. The predicted octanol–water partition coefficient (Wildman–Crippen LogP) is 2.68. The second kappa shape index (κ2) is 5.63. The summed E-state index contributed by atoms with van der Waals surface area (Å²) < 4.78 is 5.10. The van der Waals surface area contributed by atoms with Crippen molar-refractivity contribution in [2.24, 2.45) is 22.4 Å². The maximum absolute atomic E-state index is 12.3. The zero-order chi connectivity index (χ0) is 15.7. The molecule has 1 amide bonds. The summed E-state index contributed by atoms with van der Waals surface area (Å²) in [7, 11) is 1.56. The summed E-state index contributed by atoms with van der Waals surface area (Å²) in [6.07, 6.45) is 6.18. The van der Waals surface area contributed by atoms with Gasteiger partial charge in [-0.15, -0.1) is 0 Å². The van der Waals surface area contributed by atoms with Gasteiger partial charge in [-0.1, -0.05) is 19.8 Å². The molecular weight excluding hydrogens is 280 g/mol. The minimum absolute atomic E-state index is 0.00645. The lowest BCUT2D eigenvalue weighted by Gasteiger charge is -2.15. The fraction of sp³-hybridized carbons (Fsp3) is 0.529. The number of aromatic hydroxyl groups is 1. The lowest BCUT2D eigenvalue weighted by molar-refractivity contribution is -0.123. The average molecular weight is 302 g/mol. The van der Waals surface area contributed by atoms with Crippen LogP contribution < -0.4 is 10.2 Å². The van der Waals surface area contributed by atoms with Crippen LogP contribution in [-0.2, 0) is 4.79 Å². The number of carbonyl (C=O) groups excluding carboxylic acids is 1. The second-order valence-corrected chi connectivity index (χ2v) is 6.49. The van der Waals surface area contributed by atoms with E-state index in [1.54, 1.807) is 25.3 Å². The summed E-state index contributed by atoms with van der Waals surface area (Å²) in [5.41, 5.74) is 3.31. The van der Waals surface area contributed by atoms with Crippen LogP contribution in [0, 0.1) is 17.3 Å². The van der Waals surface area contributed by atoms with Gasteiger partial charge < -0.3 is 9.84 Å². The molecule has 0 radical (unpaired) electrons. The van der Waals surface area contributed by atoms with E-state index in [1.165, 1.54) is 19.1 Å². The number of methoxy groups -OCH3 is 1. The van der Waals surface area contributed by atoms with E-state index in [-0.39, 0.29) is 23.0 Å². The van der Waals surface area contributed by atoms with Crippen LogP contribution in [0.15, 0.2) is 23.3 Å². The molecule has 5 heteroatoms. The molecule has 0 aliphatic heterocycles. The van der Waals surface area contributed by atoms with Crippen molar-refractivity contribution in [3.05, 3.63) is 23.8 Å². The van der Waals surface area contributed by atoms with Crippen LogP contribution in [0.5, 0.6) is 11.5 Å². The van der Waals surface area contributed by atoms with Gasteiger partial charge in [-0.25, -0.2) is 5.43 Å². The maximum Gasteiger partial charge on any atom is 0.244 e. The van der Waals surface area contributed by atoms with Crippen LogP contribution in [0.2, 0.25) is 0 Å². The smallest absolute Gasteiger partial charge is 0.244 e. The van der Waals surface area contributed by atoms with E-state index in [0.717, 1.165) is 12.8 Å². The van der Waals surface area contributed by atoms with Crippen molar-refractivity contribution in [1.82, 2.24) is 5.43 Å². The minimum atomic E-state index is -0.00645.